The van der Waals surface area contributed by atoms with E-state index in [1.165, 1.54) is 0 Å². The van der Waals surface area contributed by atoms with Gasteiger partial charge in [-0.2, -0.15) is 0 Å². The summed E-state index contributed by atoms with van der Waals surface area (Å²) in [7, 11) is 0. The van der Waals surface area contributed by atoms with Crippen LogP contribution in [0.3, 0.4) is 0 Å². The fourth-order valence-corrected chi connectivity index (χ4v) is 8.57. The summed E-state index contributed by atoms with van der Waals surface area (Å²) in [6, 6.07) is 6.57. The number of hydrogen-bond donors (Lipinski definition) is 3. The number of unbranched alkanes of at least 4 members (excludes halogenated alkanes) is 1. The van der Waals surface area contributed by atoms with Crippen LogP contribution in [0, 0.1) is 17.8 Å². The Bertz CT molecular complexity index is 955. The van der Waals surface area contributed by atoms with E-state index in [2.05, 4.69) is 17.6 Å². The highest BCUT2D eigenvalue weighted by Gasteiger charge is 2.75. The molecule has 35 heavy (non-hydrogen) atoms. The highest BCUT2D eigenvalue weighted by molar-refractivity contribution is 8.02. The molecule has 6 atom stereocenters. The van der Waals surface area contributed by atoms with Gasteiger partial charge in [-0.15, -0.1) is 11.8 Å². The Morgan fingerprint density at radius 3 is 2.57 bits per heavy atom. The molecule has 1 aromatic carbocycles. The third-order valence-electron chi connectivity index (χ3n) is 7.47. The number of thioether (sulfide) groups is 1. The molecule has 3 N–H and O–H groups in total. The van der Waals surface area contributed by atoms with Gasteiger partial charge < -0.3 is 25.4 Å². The topological polar surface area (TPSA) is 108 Å². The average Bonchev–Trinajstić information content (AvgIpc) is 3.39. The van der Waals surface area contributed by atoms with Crippen LogP contribution in [0.5, 0.6) is 5.75 Å². The summed E-state index contributed by atoms with van der Waals surface area (Å²) >= 11 is 1.67. The number of rotatable bonds is 10. The van der Waals surface area contributed by atoms with Gasteiger partial charge >= 0.3 is 0 Å². The van der Waals surface area contributed by atoms with Crippen LogP contribution in [0.1, 0.15) is 47.0 Å². The van der Waals surface area contributed by atoms with Crippen LogP contribution in [-0.2, 0) is 14.4 Å². The van der Waals surface area contributed by atoms with Crippen molar-refractivity contribution in [1.82, 2.24) is 10.2 Å². The number of anilines is 1. The molecule has 3 aliphatic rings. The first-order chi connectivity index (χ1) is 16.7. The highest BCUT2D eigenvalue weighted by atomic mass is 32.2. The molecule has 0 aromatic heterocycles. The van der Waals surface area contributed by atoms with Crippen molar-refractivity contribution in [3.05, 3.63) is 24.3 Å². The summed E-state index contributed by atoms with van der Waals surface area (Å²) in [5.41, 5.74) is 0.660. The Kier molecular flexibility index (Phi) is 7.66. The lowest BCUT2D eigenvalue weighted by molar-refractivity contribution is -0.139. The summed E-state index contributed by atoms with van der Waals surface area (Å²) in [5.74, 6) is -0.593. The zero-order chi connectivity index (χ0) is 25.3. The van der Waals surface area contributed by atoms with Crippen molar-refractivity contribution in [2.24, 2.45) is 17.8 Å². The molecule has 3 unspecified atom stereocenters. The van der Waals surface area contributed by atoms with Crippen molar-refractivity contribution in [2.75, 3.05) is 25.1 Å². The Balaban J connectivity index is 1.62. The predicted octanol–water partition coefficient (Wildman–Crippen LogP) is 2.66. The standard InChI is InChI=1S/C26H37N3O5S/c1-5-34-18-10-8-17(9-11-18)28-23(31)20-19-14-16(4)26(35-19)21(20)25(33)29(12-6-7-13-30)22(26)24(32)27-15(2)3/h8-11,15-16,19-22,30H,5-7,12-14H2,1-4H3,(H,27,32)(H,28,31)/t16?,19-,20+,21+,22?,26?/m1/s1. The molecule has 4 rings (SSSR count). The fraction of sp³-hybridized carbons (Fsp3) is 0.654. The molecule has 3 fully saturated rings. The summed E-state index contributed by atoms with van der Waals surface area (Å²) < 4.78 is 4.86. The first kappa shape index (κ1) is 25.8. The molecule has 0 saturated carbocycles. The van der Waals surface area contributed by atoms with Gasteiger partial charge in [0.05, 0.1) is 23.2 Å². The molecule has 3 saturated heterocycles. The van der Waals surface area contributed by atoms with Crippen LogP contribution in [0.25, 0.3) is 0 Å². The van der Waals surface area contributed by atoms with Gasteiger partial charge in [0, 0.05) is 30.1 Å². The van der Waals surface area contributed by atoms with Crippen molar-refractivity contribution in [1.29, 1.82) is 0 Å². The van der Waals surface area contributed by atoms with Crippen LogP contribution in [0.4, 0.5) is 5.69 Å². The van der Waals surface area contributed by atoms with E-state index >= 15 is 0 Å². The lowest BCUT2D eigenvalue weighted by Crippen LogP contribution is -2.57. The number of aliphatic hydroxyl groups is 1. The van der Waals surface area contributed by atoms with Gasteiger partial charge in [0.15, 0.2) is 0 Å². The third kappa shape index (κ3) is 4.53. The van der Waals surface area contributed by atoms with Crippen LogP contribution >= 0.6 is 11.8 Å². The number of carbonyl (C=O) groups is 3. The number of fused-ring (bicyclic) bond motifs is 1. The third-order valence-corrected chi connectivity index (χ3v) is 9.54. The summed E-state index contributed by atoms with van der Waals surface area (Å²) in [5, 5.41) is 15.3. The summed E-state index contributed by atoms with van der Waals surface area (Å²) in [6.45, 7) is 8.86. The van der Waals surface area contributed by atoms with Gasteiger partial charge in [-0.1, -0.05) is 6.92 Å². The first-order valence-corrected chi connectivity index (χ1v) is 13.6. The maximum absolute atomic E-state index is 13.9. The van der Waals surface area contributed by atoms with Crippen molar-refractivity contribution in [3.8, 4) is 5.75 Å². The first-order valence-electron chi connectivity index (χ1n) is 12.7. The molecule has 1 aromatic rings. The molecule has 9 heteroatoms. The number of aliphatic hydroxyl groups excluding tert-OH is 1. The van der Waals surface area contributed by atoms with Gasteiger partial charge in [0.2, 0.25) is 17.7 Å². The highest BCUT2D eigenvalue weighted by Crippen LogP contribution is 2.68. The molecule has 0 radical (unpaired) electrons. The monoisotopic (exact) mass is 503 g/mol. The second-order valence-corrected chi connectivity index (χ2v) is 11.7. The quantitative estimate of drug-likeness (QED) is 0.424. The van der Waals surface area contributed by atoms with E-state index in [1.807, 2.05) is 32.9 Å². The second-order valence-electron chi connectivity index (χ2n) is 10.1. The van der Waals surface area contributed by atoms with E-state index in [0.717, 1.165) is 12.2 Å². The molecule has 3 amide bonds. The maximum atomic E-state index is 13.9. The molecule has 192 valence electrons. The molecule has 1 spiro atoms. The summed E-state index contributed by atoms with van der Waals surface area (Å²) in [4.78, 5) is 42.6. The van der Waals surface area contributed by atoms with Gasteiger partial charge in [-0.3, -0.25) is 14.4 Å². The Morgan fingerprint density at radius 2 is 1.94 bits per heavy atom. The summed E-state index contributed by atoms with van der Waals surface area (Å²) in [6.07, 6.45) is 1.97. The lowest BCUT2D eigenvalue weighted by Gasteiger charge is -2.39. The van der Waals surface area contributed by atoms with Crippen molar-refractivity contribution in [3.63, 3.8) is 0 Å². The molecule has 2 bridgehead atoms. The van der Waals surface area contributed by atoms with Crippen LogP contribution < -0.4 is 15.4 Å². The minimum absolute atomic E-state index is 0.00408. The zero-order valence-electron chi connectivity index (χ0n) is 21.0. The number of carbonyl (C=O) groups excluding carboxylic acids is 3. The second kappa shape index (κ2) is 10.4. The number of nitrogens with zero attached hydrogens (tertiary/aromatic N) is 1. The van der Waals surface area contributed by atoms with E-state index in [0.29, 0.717) is 31.7 Å². The van der Waals surface area contributed by atoms with Gasteiger partial charge in [-0.25, -0.2) is 0 Å². The fourth-order valence-electron chi connectivity index (χ4n) is 6.14. The van der Waals surface area contributed by atoms with E-state index in [4.69, 9.17) is 4.74 Å². The van der Waals surface area contributed by atoms with Gasteiger partial charge in [0.25, 0.3) is 0 Å². The molecule has 8 nitrogen and oxygen atoms in total. The Labute approximate surface area is 211 Å². The number of likely N-dealkylation sites (tertiary alicyclic amines) is 1. The normalized spacial score (nSPS) is 31.1. The number of ether oxygens (including phenoxy) is 1. The zero-order valence-corrected chi connectivity index (χ0v) is 21.8. The maximum Gasteiger partial charge on any atom is 0.244 e. The smallest absolute Gasteiger partial charge is 0.244 e. The number of amides is 3. The Hall–Kier alpha value is -2.26. The predicted molar refractivity (Wildman–Crippen MR) is 136 cm³/mol. The van der Waals surface area contributed by atoms with Crippen molar-refractivity contribution < 1.29 is 24.2 Å². The molecule has 3 aliphatic heterocycles. The SMILES string of the molecule is CCOc1ccc(NC(=O)[C@@H]2[C@H]3C(=O)N(CCCCO)C(C(=O)NC(C)C)C34S[C@@H]2CC4C)cc1. The molecule has 3 heterocycles. The number of hydrogen-bond acceptors (Lipinski definition) is 6. The van der Waals surface area contributed by atoms with Crippen molar-refractivity contribution >= 4 is 35.2 Å². The largest absolute Gasteiger partial charge is 0.494 e. The van der Waals surface area contributed by atoms with Crippen LogP contribution in [0.15, 0.2) is 24.3 Å². The minimum atomic E-state index is -0.624. The average molecular weight is 504 g/mol. The van der Waals surface area contributed by atoms with Crippen molar-refractivity contribution in [2.45, 2.75) is 69.0 Å². The molecular formula is C26H37N3O5S. The Morgan fingerprint density at radius 1 is 1.23 bits per heavy atom. The van der Waals surface area contributed by atoms with Crippen LogP contribution in [-0.4, -0.2) is 69.6 Å². The van der Waals surface area contributed by atoms with E-state index < -0.39 is 22.6 Å². The van der Waals surface area contributed by atoms with E-state index in [9.17, 15) is 19.5 Å². The molecular weight excluding hydrogens is 466 g/mol. The van der Waals surface area contributed by atoms with Crippen LogP contribution in [0.2, 0.25) is 0 Å². The van der Waals surface area contributed by atoms with Gasteiger partial charge in [-0.05, 0) is 70.2 Å². The van der Waals surface area contributed by atoms with E-state index in [1.54, 1.807) is 28.8 Å². The van der Waals surface area contributed by atoms with E-state index in [-0.39, 0.29) is 41.5 Å². The number of nitrogens with one attached hydrogen (secondary N) is 2. The van der Waals surface area contributed by atoms with Gasteiger partial charge in [0.1, 0.15) is 11.8 Å². The minimum Gasteiger partial charge on any atom is -0.494 e. The number of benzene rings is 1. The lowest BCUT2D eigenvalue weighted by atomic mass is 9.66. The molecule has 0 aliphatic carbocycles.